The summed E-state index contributed by atoms with van der Waals surface area (Å²) in [5.74, 6) is 1.21. The molecule has 28 heavy (non-hydrogen) atoms. The van der Waals surface area contributed by atoms with Crippen LogP contribution in [0.3, 0.4) is 0 Å². The van der Waals surface area contributed by atoms with E-state index in [-0.39, 0.29) is 12.5 Å². The standard InChI is InChI=1S/C22H28N2O4/c1-26-20-5-2-6-21(16-20)28-17-22(25)23-11-3-4-18-7-9-19(10-8-18)24-12-14-27-15-13-24/h2,5-10,16H,3-4,11-15,17H2,1H3,(H,23,25). The zero-order valence-corrected chi connectivity index (χ0v) is 16.4. The molecule has 3 rings (SSSR count). The van der Waals surface area contributed by atoms with Gasteiger partial charge in [-0.25, -0.2) is 0 Å². The number of methoxy groups -OCH3 is 1. The number of nitrogens with one attached hydrogen (secondary N) is 1. The third-order valence-corrected chi connectivity index (χ3v) is 4.69. The Morgan fingerprint density at radius 3 is 2.61 bits per heavy atom. The van der Waals surface area contributed by atoms with Crippen LogP contribution in [0.25, 0.3) is 0 Å². The van der Waals surface area contributed by atoms with Gasteiger partial charge in [0.05, 0.1) is 20.3 Å². The van der Waals surface area contributed by atoms with Crippen LogP contribution >= 0.6 is 0 Å². The first-order chi connectivity index (χ1) is 13.7. The Balaban J connectivity index is 1.33. The Hall–Kier alpha value is -2.73. The summed E-state index contributed by atoms with van der Waals surface area (Å²) in [6.45, 7) is 4.12. The lowest BCUT2D eigenvalue weighted by Gasteiger charge is -2.28. The maximum atomic E-state index is 11.9. The van der Waals surface area contributed by atoms with Gasteiger partial charge in [0.15, 0.2) is 6.61 Å². The summed E-state index contributed by atoms with van der Waals surface area (Å²) in [6.07, 6.45) is 1.82. The van der Waals surface area contributed by atoms with Crippen LogP contribution < -0.4 is 19.7 Å². The molecule has 1 fully saturated rings. The molecule has 1 aliphatic rings. The number of rotatable bonds is 9. The molecule has 0 saturated carbocycles. The van der Waals surface area contributed by atoms with Gasteiger partial charge < -0.3 is 24.4 Å². The van der Waals surface area contributed by atoms with E-state index in [0.29, 0.717) is 18.0 Å². The molecule has 0 unspecified atom stereocenters. The fraction of sp³-hybridized carbons (Fsp3) is 0.409. The second-order valence-electron chi connectivity index (χ2n) is 6.69. The minimum absolute atomic E-state index is 0.00140. The predicted molar refractivity (Wildman–Crippen MR) is 109 cm³/mol. The van der Waals surface area contributed by atoms with Crippen molar-refractivity contribution in [3.05, 3.63) is 54.1 Å². The Kier molecular flexibility index (Phi) is 7.55. The molecule has 6 heteroatoms. The highest BCUT2D eigenvalue weighted by Crippen LogP contribution is 2.19. The van der Waals surface area contributed by atoms with Crippen LogP contribution in [-0.4, -0.2) is 52.5 Å². The van der Waals surface area contributed by atoms with E-state index >= 15 is 0 Å². The summed E-state index contributed by atoms with van der Waals surface area (Å²) in [4.78, 5) is 14.3. The molecule has 0 aromatic heterocycles. The van der Waals surface area contributed by atoms with Crippen LogP contribution in [0.5, 0.6) is 11.5 Å². The number of hydrogen-bond donors (Lipinski definition) is 1. The van der Waals surface area contributed by atoms with Crippen LogP contribution in [0, 0.1) is 0 Å². The van der Waals surface area contributed by atoms with Crippen molar-refractivity contribution in [2.45, 2.75) is 12.8 Å². The largest absolute Gasteiger partial charge is 0.497 e. The van der Waals surface area contributed by atoms with Crippen molar-refractivity contribution in [2.75, 3.05) is 51.5 Å². The molecule has 1 aliphatic heterocycles. The number of aryl methyl sites for hydroxylation is 1. The van der Waals surface area contributed by atoms with Crippen molar-refractivity contribution in [1.82, 2.24) is 5.32 Å². The van der Waals surface area contributed by atoms with E-state index in [1.165, 1.54) is 11.3 Å². The Morgan fingerprint density at radius 1 is 1.11 bits per heavy atom. The van der Waals surface area contributed by atoms with Crippen LogP contribution in [0.2, 0.25) is 0 Å². The topological polar surface area (TPSA) is 60.0 Å². The molecule has 2 aromatic rings. The number of benzene rings is 2. The van der Waals surface area contributed by atoms with Gasteiger partial charge in [0.25, 0.3) is 5.91 Å². The average Bonchev–Trinajstić information content (AvgIpc) is 2.76. The SMILES string of the molecule is COc1cccc(OCC(=O)NCCCc2ccc(N3CCOCC3)cc2)c1. The number of anilines is 1. The van der Waals surface area contributed by atoms with E-state index < -0.39 is 0 Å². The van der Waals surface area contributed by atoms with Crippen LogP contribution in [0.1, 0.15) is 12.0 Å². The molecule has 0 aliphatic carbocycles. The summed E-state index contributed by atoms with van der Waals surface area (Å²) in [5.41, 5.74) is 2.52. The van der Waals surface area contributed by atoms with E-state index in [9.17, 15) is 4.79 Å². The van der Waals surface area contributed by atoms with E-state index in [1.54, 1.807) is 19.2 Å². The van der Waals surface area contributed by atoms with E-state index in [2.05, 4.69) is 34.5 Å². The first-order valence-corrected chi connectivity index (χ1v) is 9.70. The lowest BCUT2D eigenvalue weighted by Crippen LogP contribution is -2.36. The minimum atomic E-state index is -0.120. The molecular formula is C22H28N2O4. The van der Waals surface area contributed by atoms with Gasteiger partial charge in [-0.2, -0.15) is 0 Å². The maximum absolute atomic E-state index is 11.9. The first-order valence-electron chi connectivity index (χ1n) is 9.70. The van der Waals surface area contributed by atoms with Crippen LogP contribution in [0.4, 0.5) is 5.69 Å². The van der Waals surface area contributed by atoms with Gasteiger partial charge in [-0.15, -0.1) is 0 Å². The fourth-order valence-corrected chi connectivity index (χ4v) is 3.11. The van der Waals surface area contributed by atoms with Gasteiger partial charge in [0.1, 0.15) is 11.5 Å². The summed E-state index contributed by atoms with van der Waals surface area (Å²) in [6, 6.07) is 15.9. The van der Waals surface area contributed by atoms with Gasteiger partial charge >= 0.3 is 0 Å². The second-order valence-corrected chi connectivity index (χ2v) is 6.69. The van der Waals surface area contributed by atoms with Crippen LogP contribution in [0.15, 0.2) is 48.5 Å². The molecule has 0 bridgehead atoms. The van der Waals surface area contributed by atoms with Crippen molar-refractivity contribution in [1.29, 1.82) is 0 Å². The molecule has 0 spiro atoms. The molecular weight excluding hydrogens is 356 g/mol. The normalized spacial score (nSPS) is 13.8. The monoisotopic (exact) mass is 384 g/mol. The van der Waals surface area contributed by atoms with Crippen molar-refractivity contribution < 1.29 is 19.0 Å². The molecule has 1 heterocycles. The smallest absolute Gasteiger partial charge is 0.257 e. The summed E-state index contributed by atoms with van der Waals surface area (Å²) in [5, 5.41) is 2.90. The molecule has 1 saturated heterocycles. The Labute approximate surface area is 166 Å². The summed E-state index contributed by atoms with van der Waals surface area (Å²) >= 11 is 0. The van der Waals surface area contributed by atoms with E-state index in [1.807, 2.05) is 12.1 Å². The molecule has 0 atom stereocenters. The highest BCUT2D eigenvalue weighted by Gasteiger charge is 2.10. The number of morpholine rings is 1. The van der Waals surface area contributed by atoms with Crippen molar-refractivity contribution in [3.8, 4) is 11.5 Å². The number of amides is 1. The molecule has 6 nitrogen and oxygen atoms in total. The zero-order chi connectivity index (χ0) is 19.6. The lowest BCUT2D eigenvalue weighted by atomic mass is 10.1. The van der Waals surface area contributed by atoms with E-state index in [0.717, 1.165) is 39.1 Å². The highest BCUT2D eigenvalue weighted by atomic mass is 16.5. The van der Waals surface area contributed by atoms with Crippen molar-refractivity contribution >= 4 is 11.6 Å². The number of carbonyl (C=O) groups excluding carboxylic acids is 1. The Bertz CT molecular complexity index is 742. The van der Waals surface area contributed by atoms with Crippen molar-refractivity contribution in [2.24, 2.45) is 0 Å². The highest BCUT2D eigenvalue weighted by molar-refractivity contribution is 5.77. The second kappa shape index (κ2) is 10.6. The predicted octanol–water partition coefficient (Wildman–Crippen LogP) is 2.66. The third-order valence-electron chi connectivity index (χ3n) is 4.69. The quantitative estimate of drug-likeness (QED) is 0.674. The van der Waals surface area contributed by atoms with Gasteiger partial charge in [-0.05, 0) is 42.7 Å². The first kappa shape index (κ1) is 20.0. The lowest BCUT2D eigenvalue weighted by molar-refractivity contribution is -0.123. The molecule has 2 aromatic carbocycles. The molecule has 1 amide bonds. The fourth-order valence-electron chi connectivity index (χ4n) is 3.11. The van der Waals surface area contributed by atoms with Gasteiger partial charge in [0, 0.05) is 31.4 Å². The molecule has 1 N–H and O–H groups in total. The maximum Gasteiger partial charge on any atom is 0.257 e. The summed E-state index contributed by atoms with van der Waals surface area (Å²) in [7, 11) is 1.60. The molecule has 0 radical (unpaired) electrons. The van der Waals surface area contributed by atoms with Gasteiger partial charge in [-0.3, -0.25) is 4.79 Å². The number of ether oxygens (including phenoxy) is 3. The number of nitrogens with zero attached hydrogens (tertiary/aromatic N) is 1. The number of hydrogen-bond acceptors (Lipinski definition) is 5. The van der Waals surface area contributed by atoms with Crippen LogP contribution in [-0.2, 0) is 16.0 Å². The minimum Gasteiger partial charge on any atom is -0.497 e. The van der Waals surface area contributed by atoms with E-state index in [4.69, 9.17) is 14.2 Å². The number of carbonyl (C=O) groups is 1. The Morgan fingerprint density at radius 2 is 1.86 bits per heavy atom. The van der Waals surface area contributed by atoms with Crippen molar-refractivity contribution in [3.63, 3.8) is 0 Å². The molecule has 150 valence electrons. The third kappa shape index (κ3) is 6.16. The average molecular weight is 384 g/mol. The summed E-state index contributed by atoms with van der Waals surface area (Å²) < 4.78 is 16.0. The van der Waals surface area contributed by atoms with Gasteiger partial charge in [0.2, 0.25) is 0 Å². The van der Waals surface area contributed by atoms with Gasteiger partial charge in [-0.1, -0.05) is 18.2 Å². The zero-order valence-electron chi connectivity index (χ0n) is 16.4.